The molecule has 0 radical (unpaired) electrons. The highest BCUT2D eigenvalue weighted by Gasteiger charge is 2.01. The predicted octanol–water partition coefficient (Wildman–Crippen LogP) is 4.16. The van der Waals surface area contributed by atoms with E-state index in [2.05, 4.69) is 10.7 Å². The molecule has 0 aliphatic heterocycles. The molecule has 82 valence electrons. The van der Waals surface area contributed by atoms with Crippen molar-refractivity contribution in [2.45, 2.75) is 6.92 Å². The number of benzene rings is 1. The lowest BCUT2D eigenvalue weighted by atomic mass is 10.2. The molecule has 1 aromatic carbocycles. The lowest BCUT2D eigenvalue weighted by Crippen LogP contribution is -2.05. The van der Waals surface area contributed by atoms with Gasteiger partial charge in [-0.05, 0) is 17.7 Å². The van der Waals surface area contributed by atoms with Gasteiger partial charge in [0.05, 0.1) is 0 Å². The second-order valence-corrected chi connectivity index (χ2v) is 6.33. The first kappa shape index (κ1) is 11.4. The van der Waals surface area contributed by atoms with Gasteiger partial charge in [-0.3, -0.25) is 4.79 Å². The first-order valence-electron chi connectivity index (χ1n) is 4.62. The summed E-state index contributed by atoms with van der Waals surface area (Å²) in [6.07, 6.45) is 0. The molecule has 5 heteroatoms. The molecule has 2 aromatic rings. The van der Waals surface area contributed by atoms with Crippen molar-refractivity contribution in [2.75, 3.05) is 5.32 Å². The largest absolute Gasteiger partial charge is 0.326 e. The first-order chi connectivity index (χ1) is 7.65. The van der Waals surface area contributed by atoms with E-state index in [9.17, 15) is 4.79 Å². The van der Waals surface area contributed by atoms with Gasteiger partial charge in [-0.25, -0.2) is 0 Å². The SMILES string of the molecule is CC(=O)Nc1ccc(-c2csc(=S)s2)cc1. The minimum Gasteiger partial charge on any atom is -0.326 e. The molecule has 2 nitrogen and oxygen atoms in total. The third-order valence-electron chi connectivity index (χ3n) is 1.95. The lowest BCUT2D eigenvalue weighted by Gasteiger charge is -2.02. The molecule has 0 fully saturated rings. The van der Waals surface area contributed by atoms with Crippen molar-refractivity contribution in [1.82, 2.24) is 0 Å². The topological polar surface area (TPSA) is 29.1 Å². The van der Waals surface area contributed by atoms with Crippen LogP contribution in [0.25, 0.3) is 10.4 Å². The zero-order valence-electron chi connectivity index (χ0n) is 8.52. The van der Waals surface area contributed by atoms with Crippen molar-refractivity contribution in [1.29, 1.82) is 0 Å². The van der Waals surface area contributed by atoms with Gasteiger partial charge in [0, 0.05) is 22.9 Å². The fourth-order valence-corrected chi connectivity index (χ4v) is 3.42. The maximum absolute atomic E-state index is 10.9. The second-order valence-electron chi connectivity index (χ2n) is 3.21. The Kier molecular flexibility index (Phi) is 3.48. The summed E-state index contributed by atoms with van der Waals surface area (Å²) < 4.78 is 0.931. The van der Waals surface area contributed by atoms with Crippen LogP contribution in [0.2, 0.25) is 0 Å². The van der Waals surface area contributed by atoms with Crippen molar-refractivity contribution in [2.24, 2.45) is 0 Å². The summed E-state index contributed by atoms with van der Waals surface area (Å²) in [4.78, 5) is 12.0. The molecule has 0 saturated heterocycles. The molecule has 0 aliphatic rings. The summed E-state index contributed by atoms with van der Waals surface area (Å²) in [7, 11) is 0. The Morgan fingerprint density at radius 3 is 2.50 bits per heavy atom. The van der Waals surface area contributed by atoms with Gasteiger partial charge in [-0.15, -0.1) is 22.7 Å². The summed E-state index contributed by atoms with van der Waals surface area (Å²) in [5.74, 6) is -0.0565. The Labute approximate surface area is 107 Å². The van der Waals surface area contributed by atoms with Gasteiger partial charge in [-0.2, -0.15) is 0 Å². The van der Waals surface area contributed by atoms with E-state index in [4.69, 9.17) is 12.2 Å². The Bertz CT molecular complexity index is 553. The van der Waals surface area contributed by atoms with Crippen LogP contribution in [0.4, 0.5) is 5.69 Å². The highest BCUT2D eigenvalue weighted by molar-refractivity contribution is 7.76. The fourth-order valence-electron chi connectivity index (χ4n) is 1.29. The number of anilines is 1. The van der Waals surface area contributed by atoms with E-state index in [1.54, 1.807) is 22.7 Å². The van der Waals surface area contributed by atoms with Crippen LogP contribution in [0.5, 0.6) is 0 Å². The average Bonchev–Trinajstić information content (AvgIpc) is 2.65. The summed E-state index contributed by atoms with van der Waals surface area (Å²) in [6.45, 7) is 1.50. The monoisotopic (exact) mass is 267 g/mol. The molecule has 16 heavy (non-hydrogen) atoms. The molecule has 0 saturated carbocycles. The predicted molar refractivity (Wildman–Crippen MR) is 72.8 cm³/mol. The van der Waals surface area contributed by atoms with E-state index < -0.39 is 0 Å². The number of amides is 1. The smallest absolute Gasteiger partial charge is 0.221 e. The molecule has 1 aromatic heterocycles. The van der Waals surface area contributed by atoms with Crippen molar-refractivity contribution in [3.8, 4) is 10.4 Å². The first-order valence-corrected chi connectivity index (χ1v) is 6.72. The van der Waals surface area contributed by atoms with Gasteiger partial charge in [0.25, 0.3) is 0 Å². The Balaban J connectivity index is 2.25. The third kappa shape index (κ3) is 2.75. The van der Waals surface area contributed by atoms with Crippen LogP contribution in [0, 0.1) is 3.14 Å². The molecule has 1 amide bonds. The summed E-state index contributed by atoms with van der Waals surface area (Å²) in [6, 6.07) is 7.76. The summed E-state index contributed by atoms with van der Waals surface area (Å²) >= 11 is 8.28. The maximum Gasteiger partial charge on any atom is 0.221 e. The number of hydrogen-bond acceptors (Lipinski definition) is 4. The van der Waals surface area contributed by atoms with Gasteiger partial charge in [0.15, 0.2) is 0 Å². The lowest BCUT2D eigenvalue weighted by molar-refractivity contribution is -0.114. The Morgan fingerprint density at radius 1 is 1.31 bits per heavy atom. The highest BCUT2D eigenvalue weighted by Crippen LogP contribution is 2.29. The molecular formula is C11H9NOS3. The van der Waals surface area contributed by atoms with Crippen LogP contribution in [0.3, 0.4) is 0 Å². The highest BCUT2D eigenvalue weighted by atomic mass is 32.2. The average molecular weight is 267 g/mol. The molecule has 0 unspecified atom stereocenters. The zero-order chi connectivity index (χ0) is 11.5. The van der Waals surface area contributed by atoms with Crippen molar-refractivity contribution >= 4 is 46.5 Å². The number of carbonyl (C=O) groups is 1. The molecule has 0 atom stereocenters. The minimum absolute atomic E-state index is 0.0565. The Morgan fingerprint density at radius 2 is 2.00 bits per heavy atom. The van der Waals surface area contributed by atoms with Crippen LogP contribution < -0.4 is 5.32 Å². The van der Waals surface area contributed by atoms with Crippen LogP contribution in [-0.2, 0) is 4.79 Å². The van der Waals surface area contributed by atoms with Crippen LogP contribution in [-0.4, -0.2) is 5.91 Å². The number of rotatable bonds is 2. The molecule has 0 bridgehead atoms. The van der Waals surface area contributed by atoms with Gasteiger partial charge in [0.2, 0.25) is 5.91 Å². The van der Waals surface area contributed by atoms with Gasteiger partial charge < -0.3 is 5.32 Å². The molecule has 1 heterocycles. The third-order valence-corrected chi connectivity index (χ3v) is 4.46. The van der Waals surface area contributed by atoms with Gasteiger partial charge in [-0.1, -0.05) is 24.4 Å². The van der Waals surface area contributed by atoms with Crippen molar-refractivity contribution in [3.05, 3.63) is 32.8 Å². The van der Waals surface area contributed by atoms with E-state index in [0.717, 1.165) is 14.4 Å². The van der Waals surface area contributed by atoms with Gasteiger partial charge in [0.1, 0.15) is 3.14 Å². The molecule has 0 aliphatic carbocycles. The van der Waals surface area contributed by atoms with Crippen LogP contribution in [0.1, 0.15) is 6.92 Å². The molecular weight excluding hydrogens is 258 g/mol. The van der Waals surface area contributed by atoms with Gasteiger partial charge >= 0.3 is 0 Å². The summed E-state index contributed by atoms with van der Waals surface area (Å²) in [5.41, 5.74) is 1.95. The Hall–Kier alpha value is -1.04. The number of nitrogens with one attached hydrogen (secondary N) is 1. The second kappa shape index (κ2) is 4.86. The van der Waals surface area contributed by atoms with Crippen molar-refractivity contribution in [3.63, 3.8) is 0 Å². The molecule has 2 rings (SSSR count). The van der Waals surface area contributed by atoms with E-state index in [1.165, 1.54) is 11.8 Å². The zero-order valence-corrected chi connectivity index (χ0v) is 11.0. The molecule has 1 N–H and O–H groups in total. The van der Waals surface area contributed by atoms with E-state index >= 15 is 0 Å². The van der Waals surface area contributed by atoms with Crippen molar-refractivity contribution < 1.29 is 4.79 Å². The fraction of sp³-hybridized carbons (Fsp3) is 0.0909. The maximum atomic E-state index is 10.9. The number of carbonyl (C=O) groups excluding carboxylic acids is 1. The standard InChI is InChI=1S/C11H9NOS3/c1-7(13)12-9-4-2-8(3-5-9)10-6-15-11(14)16-10/h2-6H,1H3,(H,12,13). The van der Waals surface area contributed by atoms with Crippen LogP contribution >= 0.6 is 34.9 Å². The minimum atomic E-state index is -0.0565. The normalized spacial score (nSPS) is 10.1. The number of hydrogen-bond donors (Lipinski definition) is 1. The van der Waals surface area contributed by atoms with E-state index in [-0.39, 0.29) is 5.91 Å². The van der Waals surface area contributed by atoms with E-state index in [0.29, 0.717) is 0 Å². The van der Waals surface area contributed by atoms with E-state index in [1.807, 2.05) is 24.3 Å². The molecule has 0 spiro atoms. The van der Waals surface area contributed by atoms with Crippen LogP contribution in [0.15, 0.2) is 29.6 Å². The quantitative estimate of drug-likeness (QED) is 0.828. The summed E-state index contributed by atoms with van der Waals surface area (Å²) in [5, 5.41) is 4.79.